The summed E-state index contributed by atoms with van der Waals surface area (Å²) in [6.07, 6.45) is -3.70. The van der Waals surface area contributed by atoms with Crippen molar-refractivity contribution in [2.75, 3.05) is 19.1 Å². The second-order valence-electron chi connectivity index (χ2n) is 5.45. The van der Waals surface area contributed by atoms with E-state index in [1.165, 1.54) is 7.11 Å². The van der Waals surface area contributed by atoms with E-state index in [4.69, 9.17) is 9.47 Å². The Morgan fingerprint density at radius 3 is 2.52 bits per heavy atom. The molecular weight excluding hydrogens is 335 g/mol. The van der Waals surface area contributed by atoms with Gasteiger partial charge in [-0.25, -0.2) is 4.98 Å². The molecule has 0 fully saturated rings. The maximum Gasteiger partial charge on any atom is 0.423 e. The van der Waals surface area contributed by atoms with Gasteiger partial charge in [0.2, 0.25) is 11.8 Å². The Morgan fingerprint density at radius 2 is 1.92 bits per heavy atom. The fraction of sp³-hybridized carbons (Fsp3) is 0.412. The van der Waals surface area contributed by atoms with Gasteiger partial charge in [-0.05, 0) is 25.5 Å². The summed E-state index contributed by atoms with van der Waals surface area (Å²) in [4.78, 5) is 9.39. The Morgan fingerprint density at radius 1 is 1.24 bits per heavy atom. The smallest absolute Gasteiger partial charge is 0.423 e. The van der Waals surface area contributed by atoms with E-state index in [0.717, 1.165) is 6.20 Å². The first-order valence-corrected chi connectivity index (χ1v) is 7.75. The number of para-hydroxylation sites is 2. The van der Waals surface area contributed by atoms with Gasteiger partial charge in [-0.3, -0.25) is 0 Å². The number of hydrogen-bond donors (Lipinski definition) is 0. The molecule has 0 spiro atoms. The predicted octanol–water partition coefficient (Wildman–Crippen LogP) is 4.45. The number of alkyl halides is 3. The van der Waals surface area contributed by atoms with E-state index in [2.05, 4.69) is 9.97 Å². The number of aromatic nitrogens is 2. The zero-order valence-corrected chi connectivity index (χ0v) is 14.5. The summed E-state index contributed by atoms with van der Waals surface area (Å²) in [5, 5.41) is 0. The molecule has 1 aromatic heterocycles. The van der Waals surface area contributed by atoms with Crippen LogP contribution in [0.5, 0.6) is 11.6 Å². The zero-order chi connectivity index (χ0) is 18.6. The summed E-state index contributed by atoms with van der Waals surface area (Å²) < 4.78 is 50.2. The van der Waals surface area contributed by atoms with Crippen molar-refractivity contribution >= 4 is 11.6 Å². The van der Waals surface area contributed by atoms with Crippen molar-refractivity contribution in [3.63, 3.8) is 0 Å². The van der Waals surface area contributed by atoms with Crippen LogP contribution >= 0.6 is 0 Å². The van der Waals surface area contributed by atoms with Gasteiger partial charge < -0.3 is 14.4 Å². The van der Waals surface area contributed by atoms with Crippen molar-refractivity contribution in [3.05, 3.63) is 36.0 Å². The quantitative estimate of drug-likeness (QED) is 0.766. The lowest BCUT2D eigenvalue weighted by Gasteiger charge is -2.22. The molecule has 1 atom stereocenters. The molecule has 0 bridgehead atoms. The van der Waals surface area contributed by atoms with Crippen molar-refractivity contribution in [1.29, 1.82) is 0 Å². The Balaban J connectivity index is 2.46. The molecule has 0 aliphatic heterocycles. The summed E-state index contributed by atoms with van der Waals surface area (Å²) in [7, 11) is 3.16. The molecule has 0 radical (unpaired) electrons. The fourth-order valence-electron chi connectivity index (χ4n) is 2.09. The standard InChI is InChI=1S/C17H20F3N3O2/c1-5-11(2)25-15-12(17(18,19)20)10-21-16(22-15)23(3)13-8-6-7-9-14(13)24-4/h6-11H,5H2,1-4H3. The van der Waals surface area contributed by atoms with Gasteiger partial charge in [-0.15, -0.1) is 0 Å². The van der Waals surface area contributed by atoms with E-state index in [0.29, 0.717) is 17.9 Å². The number of nitrogens with zero attached hydrogens (tertiary/aromatic N) is 3. The molecule has 1 unspecified atom stereocenters. The molecule has 1 heterocycles. The highest BCUT2D eigenvalue weighted by atomic mass is 19.4. The third-order valence-corrected chi connectivity index (χ3v) is 3.68. The Labute approximate surface area is 144 Å². The highest BCUT2D eigenvalue weighted by Crippen LogP contribution is 2.37. The molecule has 2 aromatic rings. The molecule has 0 amide bonds. The molecule has 1 aromatic carbocycles. The molecule has 5 nitrogen and oxygen atoms in total. The lowest BCUT2D eigenvalue weighted by Crippen LogP contribution is -2.20. The summed E-state index contributed by atoms with van der Waals surface area (Å²) in [6.45, 7) is 3.51. The first-order chi connectivity index (χ1) is 11.8. The predicted molar refractivity (Wildman–Crippen MR) is 88.5 cm³/mol. The SMILES string of the molecule is CCC(C)Oc1nc(N(C)c2ccccc2OC)ncc1C(F)(F)F. The molecule has 8 heteroatoms. The Bertz CT molecular complexity index is 723. The maximum atomic E-state index is 13.2. The summed E-state index contributed by atoms with van der Waals surface area (Å²) in [5.74, 6) is 0.155. The van der Waals surface area contributed by atoms with Gasteiger partial charge in [0, 0.05) is 13.2 Å². The molecule has 25 heavy (non-hydrogen) atoms. The van der Waals surface area contributed by atoms with E-state index in [1.54, 1.807) is 43.1 Å². The third-order valence-electron chi connectivity index (χ3n) is 3.68. The minimum atomic E-state index is -4.59. The normalized spacial score (nSPS) is 12.6. The van der Waals surface area contributed by atoms with Crippen molar-refractivity contribution in [1.82, 2.24) is 9.97 Å². The molecular formula is C17H20F3N3O2. The highest BCUT2D eigenvalue weighted by molar-refractivity contribution is 5.64. The highest BCUT2D eigenvalue weighted by Gasteiger charge is 2.37. The third kappa shape index (κ3) is 4.32. The minimum absolute atomic E-state index is 0.0794. The summed E-state index contributed by atoms with van der Waals surface area (Å²) >= 11 is 0. The van der Waals surface area contributed by atoms with Crippen LogP contribution in [-0.4, -0.2) is 30.2 Å². The summed E-state index contributed by atoms with van der Waals surface area (Å²) in [6, 6.07) is 7.08. The van der Waals surface area contributed by atoms with Gasteiger partial charge in [0.25, 0.3) is 0 Å². The van der Waals surface area contributed by atoms with E-state index in [1.807, 2.05) is 6.92 Å². The van der Waals surface area contributed by atoms with Crippen LogP contribution in [-0.2, 0) is 6.18 Å². The van der Waals surface area contributed by atoms with Crippen LogP contribution in [0.25, 0.3) is 0 Å². The lowest BCUT2D eigenvalue weighted by molar-refractivity contribution is -0.139. The van der Waals surface area contributed by atoms with Gasteiger partial charge in [0.05, 0.1) is 18.9 Å². The minimum Gasteiger partial charge on any atom is -0.495 e. The molecule has 2 rings (SSSR count). The van der Waals surface area contributed by atoms with Gasteiger partial charge in [-0.1, -0.05) is 19.1 Å². The number of benzene rings is 1. The van der Waals surface area contributed by atoms with Crippen molar-refractivity contribution in [3.8, 4) is 11.6 Å². The molecule has 0 N–H and O–H groups in total. The van der Waals surface area contributed by atoms with Crippen LogP contribution in [0.4, 0.5) is 24.8 Å². The van der Waals surface area contributed by atoms with Crippen LogP contribution in [0.15, 0.2) is 30.5 Å². The molecule has 0 saturated heterocycles. The topological polar surface area (TPSA) is 47.5 Å². The van der Waals surface area contributed by atoms with Crippen LogP contribution in [0, 0.1) is 0 Å². The Kier molecular flexibility index (Phi) is 5.71. The van der Waals surface area contributed by atoms with Gasteiger partial charge in [0.15, 0.2) is 0 Å². The zero-order valence-electron chi connectivity index (χ0n) is 14.5. The molecule has 136 valence electrons. The van der Waals surface area contributed by atoms with Gasteiger partial charge >= 0.3 is 6.18 Å². The number of hydrogen-bond acceptors (Lipinski definition) is 5. The lowest BCUT2D eigenvalue weighted by atomic mass is 10.2. The van der Waals surface area contributed by atoms with Crippen molar-refractivity contribution in [2.45, 2.75) is 32.5 Å². The molecule has 0 aliphatic carbocycles. The summed E-state index contributed by atoms with van der Waals surface area (Å²) in [5.41, 5.74) is -0.371. The number of ether oxygens (including phenoxy) is 2. The van der Waals surface area contributed by atoms with Crippen molar-refractivity contribution < 1.29 is 22.6 Å². The Hall–Kier alpha value is -2.51. The van der Waals surface area contributed by atoms with Crippen LogP contribution in [0.1, 0.15) is 25.8 Å². The van der Waals surface area contributed by atoms with E-state index >= 15 is 0 Å². The van der Waals surface area contributed by atoms with Crippen LogP contribution in [0.2, 0.25) is 0 Å². The van der Waals surface area contributed by atoms with Crippen molar-refractivity contribution in [2.24, 2.45) is 0 Å². The average molecular weight is 355 g/mol. The van der Waals surface area contributed by atoms with Crippen LogP contribution < -0.4 is 14.4 Å². The van der Waals surface area contributed by atoms with Crippen LogP contribution in [0.3, 0.4) is 0 Å². The number of methoxy groups -OCH3 is 1. The largest absolute Gasteiger partial charge is 0.495 e. The van der Waals surface area contributed by atoms with Gasteiger partial charge in [0.1, 0.15) is 11.3 Å². The van der Waals surface area contributed by atoms with Gasteiger partial charge in [-0.2, -0.15) is 18.2 Å². The average Bonchev–Trinajstić information content (AvgIpc) is 2.59. The monoisotopic (exact) mass is 355 g/mol. The molecule has 0 aliphatic rings. The maximum absolute atomic E-state index is 13.2. The second kappa shape index (κ2) is 7.58. The fourth-order valence-corrected chi connectivity index (χ4v) is 2.09. The van der Waals surface area contributed by atoms with E-state index in [-0.39, 0.29) is 5.95 Å². The first-order valence-electron chi connectivity index (χ1n) is 7.75. The van der Waals surface area contributed by atoms with E-state index < -0.39 is 23.7 Å². The molecule has 0 saturated carbocycles. The number of rotatable bonds is 6. The van der Waals surface area contributed by atoms with E-state index in [9.17, 15) is 13.2 Å². The number of anilines is 2. The first kappa shape index (κ1) is 18.8. The second-order valence-corrected chi connectivity index (χ2v) is 5.45. The number of halogens is 3.